The minimum atomic E-state index is -4.29. The van der Waals surface area contributed by atoms with Crippen molar-refractivity contribution in [3.8, 4) is 0 Å². The van der Waals surface area contributed by atoms with E-state index in [4.69, 9.17) is 4.55 Å². The van der Waals surface area contributed by atoms with E-state index in [1.807, 2.05) is 0 Å². The normalized spacial score (nSPS) is 11.8. The molecule has 2 aromatic rings. The number of rotatable bonds is 1. The number of nitrogens with one attached hydrogen (secondary N) is 1. The van der Waals surface area contributed by atoms with Crippen molar-refractivity contribution in [1.82, 2.24) is 9.97 Å². The van der Waals surface area contributed by atoms with Crippen molar-refractivity contribution in [2.75, 3.05) is 0 Å². The fourth-order valence-corrected chi connectivity index (χ4v) is 1.72. The van der Waals surface area contributed by atoms with E-state index in [1.54, 1.807) is 0 Å². The average Bonchev–Trinajstić information content (AvgIpc) is 2.16. The molecule has 1 aromatic carbocycles. The Kier molecular flexibility index (Phi) is 2.06. The van der Waals surface area contributed by atoms with E-state index in [1.165, 1.54) is 18.5 Å². The zero-order chi connectivity index (χ0) is 11.1. The summed E-state index contributed by atoms with van der Waals surface area (Å²) in [6.07, 6.45) is 1.22. The van der Waals surface area contributed by atoms with Gasteiger partial charge in [0.1, 0.15) is 0 Å². The molecule has 2 rings (SSSR count). The van der Waals surface area contributed by atoms with Gasteiger partial charge in [-0.2, -0.15) is 8.42 Å². The highest BCUT2D eigenvalue weighted by molar-refractivity contribution is 7.85. The van der Waals surface area contributed by atoms with Crippen LogP contribution in [0.3, 0.4) is 0 Å². The lowest BCUT2D eigenvalue weighted by Gasteiger charge is -1.98. The van der Waals surface area contributed by atoms with Crippen molar-refractivity contribution < 1.29 is 13.0 Å². The van der Waals surface area contributed by atoms with Gasteiger partial charge in [-0.25, -0.2) is 4.98 Å². The fourth-order valence-electron chi connectivity index (χ4n) is 1.21. The number of aromatic nitrogens is 2. The first-order valence-electron chi connectivity index (χ1n) is 3.93. The lowest BCUT2D eigenvalue weighted by atomic mass is 10.2. The zero-order valence-electron chi connectivity index (χ0n) is 7.34. The van der Waals surface area contributed by atoms with Crippen LogP contribution in [-0.2, 0) is 10.1 Å². The molecule has 0 fully saturated rings. The summed E-state index contributed by atoms with van der Waals surface area (Å²) in [7, 11) is -4.29. The second kappa shape index (κ2) is 3.14. The van der Waals surface area contributed by atoms with Gasteiger partial charge in [0.15, 0.2) is 0 Å². The van der Waals surface area contributed by atoms with Crippen molar-refractivity contribution in [2.45, 2.75) is 4.90 Å². The summed E-state index contributed by atoms with van der Waals surface area (Å²) in [4.78, 5) is 17.1. The quantitative estimate of drug-likeness (QED) is 0.675. The van der Waals surface area contributed by atoms with E-state index in [0.717, 1.165) is 6.07 Å². The monoisotopic (exact) mass is 226 g/mol. The molecule has 2 N–H and O–H groups in total. The van der Waals surface area contributed by atoms with Crippen molar-refractivity contribution in [1.29, 1.82) is 0 Å². The van der Waals surface area contributed by atoms with Crippen LogP contribution in [-0.4, -0.2) is 22.9 Å². The van der Waals surface area contributed by atoms with Crippen molar-refractivity contribution in [3.63, 3.8) is 0 Å². The highest BCUT2D eigenvalue weighted by Crippen LogP contribution is 2.13. The van der Waals surface area contributed by atoms with E-state index in [-0.39, 0.29) is 10.3 Å². The standard InChI is InChI=1S/C8H6N2O4S/c11-8-6-3-5(15(12,13)14)1-2-7(6)9-4-10-8/h1-4H,(H,9,10,11)(H,12,13,14). The average molecular weight is 226 g/mol. The maximum Gasteiger partial charge on any atom is 0.294 e. The minimum absolute atomic E-state index is 0.118. The molecule has 1 heterocycles. The highest BCUT2D eigenvalue weighted by Gasteiger charge is 2.11. The lowest BCUT2D eigenvalue weighted by molar-refractivity contribution is 0.483. The van der Waals surface area contributed by atoms with E-state index < -0.39 is 15.7 Å². The van der Waals surface area contributed by atoms with Crippen molar-refractivity contribution in [2.24, 2.45) is 0 Å². The Bertz CT molecular complexity index is 674. The van der Waals surface area contributed by atoms with Gasteiger partial charge < -0.3 is 4.98 Å². The van der Waals surface area contributed by atoms with E-state index in [9.17, 15) is 13.2 Å². The maximum absolute atomic E-state index is 11.3. The second-order valence-electron chi connectivity index (χ2n) is 2.89. The lowest BCUT2D eigenvalue weighted by Crippen LogP contribution is -2.07. The molecule has 0 aliphatic heterocycles. The Morgan fingerprint density at radius 3 is 2.73 bits per heavy atom. The highest BCUT2D eigenvalue weighted by atomic mass is 32.2. The van der Waals surface area contributed by atoms with Crippen LogP contribution in [0.2, 0.25) is 0 Å². The van der Waals surface area contributed by atoms with Gasteiger partial charge in [-0.1, -0.05) is 0 Å². The molecular weight excluding hydrogens is 220 g/mol. The topological polar surface area (TPSA) is 100 Å². The van der Waals surface area contributed by atoms with Crippen molar-refractivity contribution >= 4 is 21.0 Å². The van der Waals surface area contributed by atoms with Gasteiger partial charge in [0.2, 0.25) is 0 Å². The van der Waals surface area contributed by atoms with Crippen LogP contribution in [0.15, 0.2) is 34.2 Å². The van der Waals surface area contributed by atoms with Gasteiger partial charge >= 0.3 is 0 Å². The van der Waals surface area contributed by atoms with Gasteiger partial charge in [0.25, 0.3) is 15.7 Å². The van der Waals surface area contributed by atoms with E-state index in [2.05, 4.69) is 9.97 Å². The third-order valence-corrected chi connectivity index (χ3v) is 2.76. The molecule has 6 nitrogen and oxygen atoms in total. The number of H-pyrrole nitrogens is 1. The Labute approximate surface area is 84.3 Å². The molecular formula is C8H6N2O4S. The molecule has 0 bridgehead atoms. The molecule has 15 heavy (non-hydrogen) atoms. The van der Waals surface area contributed by atoms with Gasteiger partial charge in [-0.05, 0) is 18.2 Å². The summed E-state index contributed by atoms with van der Waals surface area (Å²) in [6, 6.07) is 3.62. The van der Waals surface area contributed by atoms with Crippen LogP contribution in [0.5, 0.6) is 0 Å². The molecule has 0 aliphatic rings. The third kappa shape index (κ3) is 1.74. The summed E-state index contributed by atoms with van der Waals surface area (Å²) in [5, 5.41) is 0.118. The summed E-state index contributed by atoms with van der Waals surface area (Å²) >= 11 is 0. The second-order valence-corrected chi connectivity index (χ2v) is 4.31. The van der Waals surface area contributed by atoms with Gasteiger partial charge in [-0.3, -0.25) is 9.35 Å². The Hall–Kier alpha value is -1.73. The smallest absolute Gasteiger partial charge is 0.294 e. The number of aromatic amines is 1. The molecule has 0 atom stereocenters. The predicted molar refractivity (Wildman–Crippen MR) is 52.2 cm³/mol. The SMILES string of the molecule is O=c1[nH]cnc2ccc(S(=O)(=O)O)cc12. The van der Waals surface area contributed by atoms with Crippen LogP contribution in [0.1, 0.15) is 0 Å². The van der Waals surface area contributed by atoms with E-state index >= 15 is 0 Å². The van der Waals surface area contributed by atoms with E-state index in [0.29, 0.717) is 5.52 Å². The number of nitrogens with zero attached hydrogens (tertiary/aromatic N) is 1. The van der Waals surface area contributed by atoms with Crippen LogP contribution in [0.4, 0.5) is 0 Å². The minimum Gasteiger partial charge on any atom is -0.313 e. The van der Waals surface area contributed by atoms with Crippen LogP contribution >= 0.6 is 0 Å². The Balaban J connectivity index is 2.88. The number of hydrogen-bond donors (Lipinski definition) is 2. The Morgan fingerprint density at radius 2 is 2.07 bits per heavy atom. The molecule has 0 amide bonds. The summed E-state index contributed by atoms with van der Waals surface area (Å²) in [6.45, 7) is 0. The Morgan fingerprint density at radius 1 is 1.33 bits per heavy atom. The van der Waals surface area contributed by atoms with Crippen LogP contribution in [0, 0.1) is 0 Å². The number of hydrogen-bond acceptors (Lipinski definition) is 4. The first-order valence-corrected chi connectivity index (χ1v) is 5.37. The fraction of sp³-hybridized carbons (Fsp3) is 0. The molecule has 78 valence electrons. The summed E-state index contributed by atoms with van der Waals surface area (Å²) in [5.74, 6) is 0. The number of fused-ring (bicyclic) bond motifs is 1. The first-order chi connectivity index (χ1) is 6.98. The molecule has 7 heteroatoms. The van der Waals surface area contributed by atoms with Gasteiger partial charge in [0, 0.05) is 0 Å². The van der Waals surface area contributed by atoms with Crippen molar-refractivity contribution in [3.05, 3.63) is 34.9 Å². The predicted octanol–water partition coefficient (Wildman–Crippen LogP) is 0.170. The molecule has 0 saturated heterocycles. The van der Waals surface area contributed by atoms with Crippen LogP contribution < -0.4 is 5.56 Å². The summed E-state index contributed by atoms with van der Waals surface area (Å²) < 4.78 is 30.4. The molecule has 0 unspecified atom stereocenters. The van der Waals surface area contributed by atoms with Crippen LogP contribution in [0.25, 0.3) is 10.9 Å². The van der Waals surface area contributed by atoms with Gasteiger partial charge in [-0.15, -0.1) is 0 Å². The first kappa shape index (κ1) is 9.81. The number of benzene rings is 1. The molecule has 0 radical (unpaired) electrons. The molecule has 1 aromatic heterocycles. The molecule has 0 saturated carbocycles. The maximum atomic E-state index is 11.3. The summed E-state index contributed by atoms with van der Waals surface area (Å²) in [5.41, 5.74) is -0.0864. The van der Waals surface area contributed by atoms with Gasteiger partial charge in [0.05, 0.1) is 22.1 Å². The zero-order valence-corrected chi connectivity index (χ0v) is 8.15. The molecule has 0 spiro atoms. The largest absolute Gasteiger partial charge is 0.313 e. The third-order valence-electron chi connectivity index (χ3n) is 1.91. The molecule has 0 aliphatic carbocycles.